The van der Waals surface area contributed by atoms with Crippen LogP contribution in [0.2, 0.25) is 0 Å². The van der Waals surface area contributed by atoms with Crippen LogP contribution in [0.5, 0.6) is 0 Å². The normalized spacial score (nSPS) is 43.1. The third-order valence-corrected chi connectivity index (χ3v) is 4.94. The summed E-state index contributed by atoms with van der Waals surface area (Å²) in [5.41, 5.74) is 1.81. The van der Waals surface area contributed by atoms with Crippen LogP contribution in [0.3, 0.4) is 0 Å². The summed E-state index contributed by atoms with van der Waals surface area (Å²) in [5.74, 6) is 4.70. The molecule has 0 nitrogen and oxygen atoms in total. The van der Waals surface area contributed by atoms with E-state index in [4.69, 9.17) is 0 Å². The minimum atomic E-state index is 0.907. The summed E-state index contributed by atoms with van der Waals surface area (Å²) in [4.78, 5) is 0. The van der Waals surface area contributed by atoms with Gasteiger partial charge in [-0.3, -0.25) is 0 Å². The van der Waals surface area contributed by atoms with Crippen molar-refractivity contribution in [3.8, 4) is 0 Å². The van der Waals surface area contributed by atoms with E-state index in [2.05, 4.69) is 32.1 Å². The van der Waals surface area contributed by atoms with E-state index in [1.807, 2.05) is 19.4 Å². The molecule has 96 valence electrons. The minimum Gasteiger partial charge on any atom is -0.0805 e. The maximum absolute atomic E-state index is 2.44. The first kappa shape index (κ1) is 12.9. The second-order valence-electron chi connectivity index (χ2n) is 5.97. The summed E-state index contributed by atoms with van der Waals surface area (Å²) in [7, 11) is 0. The fourth-order valence-corrected chi connectivity index (χ4v) is 3.72. The van der Waals surface area contributed by atoms with Gasteiger partial charge in [0.15, 0.2) is 0 Å². The van der Waals surface area contributed by atoms with Gasteiger partial charge in [-0.15, -0.1) is 0 Å². The Hall–Kier alpha value is -0.520. The lowest BCUT2D eigenvalue weighted by Crippen LogP contribution is -2.16. The second-order valence-corrected chi connectivity index (χ2v) is 5.97. The monoisotopic (exact) mass is 232 g/mol. The van der Waals surface area contributed by atoms with Crippen molar-refractivity contribution in [2.24, 2.45) is 29.6 Å². The van der Waals surface area contributed by atoms with Crippen LogP contribution in [0, 0.1) is 29.6 Å². The molecule has 3 rings (SSSR count). The number of hydrogen-bond donors (Lipinski definition) is 0. The van der Waals surface area contributed by atoms with E-state index in [1.54, 1.807) is 0 Å². The van der Waals surface area contributed by atoms with Crippen LogP contribution in [-0.4, -0.2) is 0 Å². The average Bonchev–Trinajstić information content (AvgIpc) is 3.05. The highest BCUT2D eigenvalue weighted by Crippen LogP contribution is 2.56. The molecule has 0 spiro atoms. The molecule has 2 fully saturated rings. The molecule has 0 aromatic carbocycles. The summed E-state index contributed by atoms with van der Waals surface area (Å²) >= 11 is 0. The SMILES string of the molecule is CC.CC1CCC(C2=CC=CC3C(C)C23)CC1. The Morgan fingerprint density at radius 1 is 1.00 bits per heavy atom. The van der Waals surface area contributed by atoms with E-state index in [9.17, 15) is 0 Å². The van der Waals surface area contributed by atoms with Gasteiger partial charge in [0.2, 0.25) is 0 Å². The fraction of sp³-hybridized carbons (Fsp3) is 0.765. The predicted molar refractivity (Wildman–Crippen MR) is 75.8 cm³/mol. The Morgan fingerprint density at radius 2 is 1.65 bits per heavy atom. The van der Waals surface area contributed by atoms with Crippen LogP contribution in [-0.2, 0) is 0 Å². The third-order valence-electron chi connectivity index (χ3n) is 4.94. The Kier molecular flexibility index (Phi) is 4.12. The largest absolute Gasteiger partial charge is 0.0805 e. The molecular formula is C17H28. The van der Waals surface area contributed by atoms with E-state index >= 15 is 0 Å². The maximum Gasteiger partial charge on any atom is -0.00999 e. The molecule has 0 amide bonds. The minimum absolute atomic E-state index is 0.907. The van der Waals surface area contributed by atoms with E-state index < -0.39 is 0 Å². The van der Waals surface area contributed by atoms with Crippen LogP contribution >= 0.6 is 0 Å². The van der Waals surface area contributed by atoms with Crippen LogP contribution in [0.15, 0.2) is 23.8 Å². The Balaban J connectivity index is 0.000000514. The zero-order chi connectivity index (χ0) is 12.4. The van der Waals surface area contributed by atoms with Gasteiger partial charge in [0.05, 0.1) is 0 Å². The molecule has 0 aliphatic heterocycles. The zero-order valence-electron chi connectivity index (χ0n) is 11.9. The van der Waals surface area contributed by atoms with Crippen molar-refractivity contribution in [1.29, 1.82) is 0 Å². The van der Waals surface area contributed by atoms with Gasteiger partial charge in [0, 0.05) is 0 Å². The summed E-state index contributed by atoms with van der Waals surface area (Å²) in [6, 6.07) is 0. The first-order valence-electron chi connectivity index (χ1n) is 7.65. The second kappa shape index (κ2) is 5.42. The summed E-state index contributed by atoms with van der Waals surface area (Å²) < 4.78 is 0. The lowest BCUT2D eigenvalue weighted by molar-refractivity contribution is 0.312. The maximum atomic E-state index is 2.44. The van der Waals surface area contributed by atoms with Crippen molar-refractivity contribution in [2.75, 3.05) is 0 Å². The standard InChI is InChI=1S/C15H22.C2H6/c1-10-6-8-12(9-7-10)14-5-3-4-13-11(2)15(13)14;1-2/h3-5,10-13,15H,6-9H2,1-2H3;1-2H3. The van der Waals surface area contributed by atoms with Gasteiger partial charge < -0.3 is 0 Å². The Morgan fingerprint density at radius 3 is 2.29 bits per heavy atom. The third kappa shape index (κ3) is 2.51. The lowest BCUT2D eigenvalue weighted by atomic mass is 9.76. The quantitative estimate of drug-likeness (QED) is 0.581. The first-order valence-corrected chi connectivity index (χ1v) is 7.65. The molecule has 0 aromatic heterocycles. The molecule has 0 N–H and O–H groups in total. The van der Waals surface area contributed by atoms with E-state index in [-0.39, 0.29) is 0 Å². The van der Waals surface area contributed by atoms with Gasteiger partial charge >= 0.3 is 0 Å². The molecule has 3 unspecified atom stereocenters. The van der Waals surface area contributed by atoms with Gasteiger partial charge in [-0.2, -0.15) is 0 Å². The molecule has 3 atom stereocenters. The van der Waals surface area contributed by atoms with Crippen LogP contribution in [0.25, 0.3) is 0 Å². The van der Waals surface area contributed by atoms with Crippen molar-refractivity contribution in [2.45, 2.75) is 53.4 Å². The summed E-state index contributed by atoms with van der Waals surface area (Å²) in [5, 5.41) is 0. The Bertz CT molecular complexity index is 302. The summed E-state index contributed by atoms with van der Waals surface area (Å²) in [6.45, 7) is 8.83. The van der Waals surface area contributed by atoms with E-state index in [0.29, 0.717) is 0 Å². The molecule has 3 aliphatic carbocycles. The van der Waals surface area contributed by atoms with Crippen molar-refractivity contribution >= 4 is 0 Å². The first-order chi connectivity index (χ1) is 8.27. The molecule has 0 heterocycles. The smallest absolute Gasteiger partial charge is 0.00999 e. The highest BCUT2D eigenvalue weighted by atomic mass is 14.5. The van der Waals surface area contributed by atoms with Crippen molar-refractivity contribution in [1.82, 2.24) is 0 Å². The molecule has 0 bridgehead atoms. The predicted octanol–water partition coefficient (Wildman–Crippen LogP) is 5.22. The molecule has 17 heavy (non-hydrogen) atoms. The van der Waals surface area contributed by atoms with Gasteiger partial charge in [-0.1, -0.05) is 64.3 Å². The number of fused-ring (bicyclic) bond motifs is 1. The molecule has 0 aromatic rings. The lowest BCUT2D eigenvalue weighted by Gasteiger charge is -2.29. The fourth-order valence-electron chi connectivity index (χ4n) is 3.72. The molecular weight excluding hydrogens is 204 g/mol. The molecule has 3 aliphatic rings. The van der Waals surface area contributed by atoms with Gasteiger partial charge in [0.1, 0.15) is 0 Å². The van der Waals surface area contributed by atoms with Crippen molar-refractivity contribution in [3.63, 3.8) is 0 Å². The molecule has 0 heteroatoms. The summed E-state index contributed by atoms with van der Waals surface area (Å²) in [6.07, 6.45) is 13.0. The highest BCUT2D eigenvalue weighted by Gasteiger charge is 2.49. The molecule has 0 saturated heterocycles. The van der Waals surface area contributed by atoms with Crippen LogP contribution in [0.1, 0.15) is 53.4 Å². The van der Waals surface area contributed by atoms with Gasteiger partial charge in [-0.05, 0) is 42.4 Å². The van der Waals surface area contributed by atoms with Crippen LogP contribution in [0.4, 0.5) is 0 Å². The number of rotatable bonds is 1. The van der Waals surface area contributed by atoms with E-state index in [0.717, 1.165) is 29.6 Å². The van der Waals surface area contributed by atoms with Gasteiger partial charge in [-0.25, -0.2) is 0 Å². The number of hydrogen-bond acceptors (Lipinski definition) is 0. The van der Waals surface area contributed by atoms with Crippen LogP contribution < -0.4 is 0 Å². The highest BCUT2D eigenvalue weighted by molar-refractivity contribution is 5.33. The zero-order valence-corrected chi connectivity index (χ0v) is 11.9. The average molecular weight is 232 g/mol. The number of allylic oxidation sites excluding steroid dienone is 4. The van der Waals surface area contributed by atoms with Crippen molar-refractivity contribution < 1.29 is 0 Å². The van der Waals surface area contributed by atoms with Gasteiger partial charge in [0.25, 0.3) is 0 Å². The molecule has 0 radical (unpaired) electrons. The topological polar surface area (TPSA) is 0 Å². The molecule has 2 saturated carbocycles. The van der Waals surface area contributed by atoms with E-state index in [1.165, 1.54) is 25.7 Å². The Labute approximate surface area is 107 Å². The van der Waals surface area contributed by atoms with Crippen molar-refractivity contribution in [3.05, 3.63) is 23.8 Å².